The second-order valence-electron chi connectivity index (χ2n) is 6.29. The van der Waals surface area contributed by atoms with Crippen LogP contribution >= 0.6 is 11.8 Å². The summed E-state index contributed by atoms with van der Waals surface area (Å²) in [4.78, 5) is 31.0. The van der Waals surface area contributed by atoms with E-state index in [0.29, 0.717) is 22.7 Å². The molecule has 1 aromatic heterocycles. The molecule has 0 unspecified atom stereocenters. The van der Waals surface area contributed by atoms with Crippen LogP contribution in [0.15, 0.2) is 47.6 Å². The van der Waals surface area contributed by atoms with Crippen molar-refractivity contribution in [2.45, 2.75) is 30.8 Å². The zero-order valence-electron chi connectivity index (χ0n) is 14.9. The Labute approximate surface area is 158 Å². The molecule has 2 aromatic rings. The highest BCUT2D eigenvalue weighted by atomic mass is 32.2. The second-order valence-corrected chi connectivity index (χ2v) is 7.09. The molecule has 26 heavy (non-hydrogen) atoms. The third-order valence-electron chi connectivity index (χ3n) is 4.51. The van der Waals surface area contributed by atoms with E-state index >= 15 is 0 Å². The number of hydrogen-bond donors (Lipinski definition) is 1. The molecule has 1 aliphatic rings. The van der Waals surface area contributed by atoms with Gasteiger partial charge in [-0.15, -0.1) is 11.8 Å². The normalized spacial score (nSPS) is 14.1. The van der Waals surface area contributed by atoms with Crippen LogP contribution in [0, 0.1) is 0 Å². The molecule has 1 fully saturated rings. The van der Waals surface area contributed by atoms with Gasteiger partial charge in [0, 0.05) is 31.4 Å². The first kappa shape index (κ1) is 18.5. The minimum Gasteiger partial charge on any atom is -0.348 e. The first-order valence-electron chi connectivity index (χ1n) is 8.84. The Bertz CT molecular complexity index is 771. The monoisotopic (exact) mass is 369 g/mol. The zero-order chi connectivity index (χ0) is 18.4. The van der Waals surface area contributed by atoms with Gasteiger partial charge in [-0.2, -0.15) is 0 Å². The van der Waals surface area contributed by atoms with E-state index < -0.39 is 0 Å². The van der Waals surface area contributed by atoms with Crippen molar-refractivity contribution in [1.29, 1.82) is 0 Å². The molecule has 0 radical (unpaired) electrons. The Morgan fingerprint density at radius 3 is 2.54 bits per heavy atom. The third-order valence-corrected chi connectivity index (χ3v) is 5.22. The summed E-state index contributed by atoms with van der Waals surface area (Å²) in [6.45, 7) is 2.11. The fourth-order valence-corrected chi connectivity index (χ4v) is 3.60. The van der Waals surface area contributed by atoms with Gasteiger partial charge in [0.2, 0.25) is 0 Å². The number of carbonyl (C=O) groups is 2. The van der Waals surface area contributed by atoms with Gasteiger partial charge in [-0.25, -0.2) is 4.98 Å². The minimum atomic E-state index is -0.143. The van der Waals surface area contributed by atoms with Crippen molar-refractivity contribution in [3.05, 3.63) is 59.3 Å². The largest absolute Gasteiger partial charge is 0.348 e. The molecule has 0 aliphatic carbocycles. The number of amides is 2. The maximum atomic E-state index is 12.5. The number of aromatic nitrogens is 1. The molecule has 0 bridgehead atoms. The molecule has 1 N–H and O–H groups in total. The Balaban J connectivity index is 1.59. The first-order chi connectivity index (χ1) is 12.7. The number of likely N-dealkylation sites (tertiary alicyclic amines) is 1. The molecule has 0 saturated carbocycles. The zero-order valence-corrected chi connectivity index (χ0v) is 15.7. The molecule has 136 valence electrons. The van der Waals surface area contributed by atoms with Gasteiger partial charge in [-0.1, -0.05) is 12.1 Å². The molecule has 5 nitrogen and oxygen atoms in total. The highest BCUT2D eigenvalue weighted by Gasteiger charge is 2.18. The summed E-state index contributed by atoms with van der Waals surface area (Å²) in [5, 5.41) is 3.63. The van der Waals surface area contributed by atoms with Crippen LogP contribution in [-0.2, 0) is 6.54 Å². The van der Waals surface area contributed by atoms with Crippen LogP contribution in [0.5, 0.6) is 0 Å². The molecule has 2 amide bonds. The molecule has 2 heterocycles. The molecule has 6 heteroatoms. The number of hydrogen-bond acceptors (Lipinski definition) is 4. The quantitative estimate of drug-likeness (QED) is 0.821. The Morgan fingerprint density at radius 2 is 1.85 bits per heavy atom. The van der Waals surface area contributed by atoms with Crippen molar-refractivity contribution in [3.63, 3.8) is 0 Å². The molecular formula is C20H23N3O2S. The molecular weight excluding hydrogens is 346 g/mol. The van der Waals surface area contributed by atoms with E-state index in [0.717, 1.165) is 31.5 Å². The number of thioether (sulfide) groups is 1. The topological polar surface area (TPSA) is 62.3 Å². The SMILES string of the molecule is CSc1ncccc1C(=O)NCc1ccc(C(=O)N2CCCCC2)cc1. The number of rotatable bonds is 5. The number of benzene rings is 1. The van der Waals surface area contributed by atoms with Crippen molar-refractivity contribution in [1.82, 2.24) is 15.2 Å². The van der Waals surface area contributed by atoms with Crippen LogP contribution in [0.4, 0.5) is 0 Å². The summed E-state index contributed by atoms with van der Waals surface area (Å²) >= 11 is 1.45. The van der Waals surface area contributed by atoms with E-state index in [1.54, 1.807) is 18.3 Å². The van der Waals surface area contributed by atoms with Crippen LogP contribution in [-0.4, -0.2) is 41.0 Å². The summed E-state index contributed by atoms with van der Waals surface area (Å²) < 4.78 is 0. The Morgan fingerprint density at radius 1 is 1.12 bits per heavy atom. The first-order valence-corrected chi connectivity index (χ1v) is 10.1. The van der Waals surface area contributed by atoms with E-state index in [1.807, 2.05) is 35.4 Å². The average Bonchev–Trinajstić information content (AvgIpc) is 2.72. The third kappa shape index (κ3) is 4.43. The number of carbonyl (C=O) groups excluding carboxylic acids is 2. The molecule has 1 aliphatic heterocycles. The van der Waals surface area contributed by atoms with Crippen LogP contribution in [0.2, 0.25) is 0 Å². The predicted octanol–water partition coefficient (Wildman–Crippen LogP) is 3.36. The van der Waals surface area contributed by atoms with Crippen LogP contribution < -0.4 is 5.32 Å². The van der Waals surface area contributed by atoms with E-state index in [9.17, 15) is 9.59 Å². The van der Waals surface area contributed by atoms with Gasteiger partial charge in [-0.05, 0) is 55.3 Å². The number of piperidine rings is 1. The van der Waals surface area contributed by atoms with E-state index in [2.05, 4.69) is 10.3 Å². The fourth-order valence-electron chi connectivity index (χ4n) is 3.05. The van der Waals surface area contributed by atoms with Crippen molar-refractivity contribution < 1.29 is 9.59 Å². The number of nitrogens with zero attached hydrogens (tertiary/aromatic N) is 2. The van der Waals surface area contributed by atoms with Gasteiger partial charge in [0.25, 0.3) is 11.8 Å². The van der Waals surface area contributed by atoms with Gasteiger partial charge >= 0.3 is 0 Å². The fraction of sp³-hybridized carbons (Fsp3) is 0.350. The van der Waals surface area contributed by atoms with Crippen LogP contribution in [0.25, 0.3) is 0 Å². The van der Waals surface area contributed by atoms with Gasteiger partial charge in [0.15, 0.2) is 0 Å². The van der Waals surface area contributed by atoms with Crippen molar-refractivity contribution >= 4 is 23.6 Å². The van der Waals surface area contributed by atoms with E-state index in [1.165, 1.54) is 18.2 Å². The minimum absolute atomic E-state index is 0.0975. The lowest BCUT2D eigenvalue weighted by molar-refractivity contribution is 0.0724. The molecule has 1 aromatic carbocycles. The number of pyridine rings is 1. The summed E-state index contributed by atoms with van der Waals surface area (Å²) in [6.07, 6.45) is 6.96. The highest BCUT2D eigenvalue weighted by molar-refractivity contribution is 7.98. The summed E-state index contributed by atoms with van der Waals surface area (Å²) in [6, 6.07) is 11.0. The van der Waals surface area contributed by atoms with Gasteiger partial charge in [-0.3, -0.25) is 9.59 Å². The standard InChI is InChI=1S/C20H23N3O2S/c1-26-19-17(6-5-11-21-19)18(24)22-14-15-7-9-16(10-8-15)20(25)23-12-3-2-4-13-23/h5-11H,2-4,12-14H2,1H3,(H,22,24). The molecule has 3 rings (SSSR count). The molecule has 0 spiro atoms. The molecule has 1 saturated heterocycles. The summed E-state index contributed by atoms with van der Waals surface area (Å²) in [7, 11) is 0. The van der Waals surface area contributed by atoms with Crippen molar-refractivity contribution in [2.75, 3.05) is 19.3 Å². The lowest BCUT2D eigenvalue weighted by atomic mass is 10.1. The van der Waals surface area contributed by atoms with Crippen LogP contribution in [0.1, 0.15) is 45.5 Å². The Hall–Kier alpha value is -2.34. The predicted molar refractivity (Wildman–Crippen MR) is 103 cm³/mol. The van der Waals surface area contributed by atoms with Gasteiger partial charge in [0.05, 0.1) is 5.56 Å². The average molecular weight is 369 g/mol. The lowest BCUT2D eigenvalue weighted by Crippen LogP contribution is -2.35. The van der Waals surface area contributed by atoms with Crippen LogP contribution in [0.3, 0.4) is 0 Å². The Kier molecular flexibility index (Phi) is 6.28. The van der Waals surface area contributed by atoms with Gasteiger partial charge in [0.1, 0.15) is 5.03 Å². The van der Waals surface area contributed by atoms with Crippen molar-refractivity contribution in [3.8, 4) is 0 Å². The highest BCUT2D eigenvalue weighted by Crippen LogP contribution is 2.17. The molecule has 0 atom stereocenters. The summed E-state index contributed by atoms with van der Waals surface area (Å²) in [5.41, 5.74) is 2.25. The van der Waals surface area contributed by atoms with Crippen molar-refractivity contribution in [2.24, 2.45) is 0 Å². The summed E-state index contributed by atoms with van der Waals surface area (Å²) in [5.74, 6) is -0.0452. The lowest BCUT2D eigenvalue weighted by Gasteiger charge is -2.26. The second kappa shape index (κ2) is 8.85. The number of nitrogens with one attached hydrogen (secondary N) is 1. The maximum absolute atomic E-state index is 12.5. The maximum Gasteiger partial charge on any atom is 0.254 e. The van der Waals surface area contributed by atoms with E-state index in [4.69, 9.17) is 0 Å². The smallest absolute Gasteiger partial charge is 0.254 e. The van der Waals surface area contributed by atoms with E-state index in [-0.39, 0.29) is 11.8 Å². The van der Waals surface area contributed by atoms with Gasteiger partial charge < -0.3 is 10.2 Å².